The Morgan fingerprint density at radius 3 is 1.76 bits per heavy atom. The third-order valence-corrected chi connectivity index (χ3v) is 13.0. The van der Waals surface area contributed by atoms with Crippen molar-refractivity contribution in [3.63, 3.8) is 0 Å². The lowest BCUT2D eigenvalue weighted by Crippen LogP contribution is -1.95. The Morgan fingerprint density at radius 2 is 1.02 bits per heavy atom. The maximum atomic E-state index is 4.79. The van der Waals surface area contributed by atoms with Crippen LogP contribution < -0.4 is 0 Å². The van der Waals surface area contributed by atoms with Gasteiger partial charge in [-0.15, -0.1) is 11.3 Å². The van der Waals surface area contributed by atoms with Gasteiger partial charge in [-0.1, -0.05) is 146 Å². The van der Waals surface area contributed by atoms with Gasteiger partial charge in [-0.2, -0.15) is 0 Å². The van der Waals surface area contributed by atoms with E-state index in [4.69, 9.17) is 6.58 Å². The quantitative estimate of drug-likeness (QED) is 0.152. The van der Waals surface area contributed by atoms with Crippen LogP contribution in [0.15, 0.2) is 213 Å². The molecular weight excluding hydrogens is 731 g/mol. The van der Waals surface area contributed by atoms with Crippen molar-refractivity contribution in [3.8, 4) is 50.2 Å². The van der Waals surface area contributed by atoms with Crippen molar-refractivity contribution in [2.45, 2.75) is 6.92 Å². The van der Waals surface area contributed by atoms with Crippen molar-refractivity contribution in [2.75, 3.05) is 0 Å². The lowest BCUT2D eigenvalue weighted by molar-refractivity contribution is 1.18. The standard InChI is InChI=1S/C57H39NS/c1-37-26-27-41(42-28-29-54-51(34-42)52-35-53-49-24-14-15-25-56(49)59-57(53)36-55(52)58(54)46-20-10-5-11-21-46)33-50(37)48-23-13-12-22-47(48)38(2)43-30-44(39-16-6-3-7-17-39)32-45(31-43)40-18-8-4-9-19-40/h3-36H,2H2,1H3. The third kappa shape index (κ3) is 6.09. The number of aryl methyl sites for hydroxylation is 1. The highest BCUT2D eigenvalue weighted by Crippen LogP contribution is 2.43. The van der Waals surface area contributed by atoms with Crippen LogP contribution in [0.4, 0.5) is 0 Å². The average Bonchev–Trinajstić information content (AvgIpc) is 3.83. The number of hydrogen-bond acceptors (Lipinski definition) is 1. The van der Waals surface area contributed by atoms with E-state index in [1.165, 1.54) is 97.7 Å². The van der Waals surface area contributed by atoms with Crippen LogP contribution in [0.25, 0.3) is 97.7 Å². The second kappa shape index (κ2) is 14.3. The minimum atomic E-state index is 1.00. The summed E-state index contributed by atoms with van der Waals surface area (Å²) in [6, 6.07) is 75.2. The van der Waals surface area contributed by atoms with E-state index in [0.29, 0.717) is 0 Å². The van der Waals surface area contributed by atoms with E-state index in [2.05, 4.69) is 218 Å². The molecule has 0 aliphatic heterocycles. The molecular formula is C57H39NS. The van der Waals surface area contributed by atoms with Crippen LogP contribution in [-0.4, -0.2) is 4.57 Å². The summed E-state index contributed by atoms with van der Waals surface area (Å²) in [5.41, 5.74) is 17.6. The van der Waals surface area contributed by atoms with E-state index in [0.717, 1.165) is 16.7 Å². The van der Waals surface area contributed by atoms with Gasteiger partial charge in [0.15, 0.2) is 0 Å². The van der Waals surface area contributed by atoms with Crippen LogP contribution >= 0.6 is 11.3 Å². The molecule has 0 aliphatic carbocycles. The van der Waals surface area contributed by atoms with Gasteiger partial charge in [0.2, 0.25) is 0 Å². The largest absolute Gasteiger partial charge is 0.309 e. The first kappa shape index (κ1) is 34.9. The number of thiophene rings is 1. The van der Waals surface area contributed by atoms with Crippen LogP contribution in [0.5, 0.6) is 0 Å². The molecule has 11 aromatic rings. The van der Waals surface area contributed by atoms with Crippen LogP contribution in [0.2, 0.25) is 0 Å². The molecule has 0 saturated heterocycles. The fourth-order valence-corrected chi connectivity index (χ4v) is 10.0. The zero-order valence-corrected chi connectivity index (χ0v) is 33.5. The van der Waals surface area contributed by atoms with Gasteiger partial charge in [-0.3, -0.25) is 0 Å². The van der Waals surface area contributed by atoms with Gasteiger partial charge < -0.3 is 4.57 Å². The second-order valence-corrected chi connectivity index (χ2v) is 16.5. The molecule has 0 radical (unpaired) electrons. The molecule has 2 heteroatoms. The molecule has 0 saturated carbocycles. The van der Waals surface area contributed by atoms with Crippen LogP contribution in [0, 0.1) is 6.92 Å². The van der Waals surface area contributed by atoms with Crippen molar-refractivity contribution in [2.24, 2.45) is 0 Å². The Bertz CT molecular complexity index is 3330. The van der Waals surface area contributed by atoms with Gasteiger partial charge in [0.1, 0.15) is 0 Å². The van der Waals surface area contributed by atoms with Gasteiger partial charge in [0.25, 0.3) is 0 Å². The molecule has 0 aliphatic rings. The molecule has 278 valence electrons. The maximum Gasteiger partial charge on any atom is 0.0555 e. The molecule has 11 rings (SSSR count). The minimum absolute atomic E-state index is 1.00. The molecule has 0 fully saturated rings. The van der Waals surface area contributed by atoms with E-state index in [1.54, 1.807) is 0 Å². The van der Waals surface area contributed by atoms with Gasteiger partial charge in [0, 0.05) is 36.6 Å². The van der Waals surface area contributed by atoms with Crippen LogP contribution in [0.1, 0.15) is 16.7 Å². The summed E-state index contributed by atoms with van der Waals surface area (Å²) in [7, 11) is 0. The van der Waals surface area contributed by atoms with Crippen molar-refractivity contribution in [1.29, 1.82) is 0 Å². The summed E-state index contributed by atoms with van der Waals surface area (Å²) in [6.07, 6.45) is 0. The predicted octanol–water partition coefficient (Wildman–Crippen LogP) is 16.2. The molecule has 0 spiro atoms. The zero-order valence-electron chi connectivity index (χ0n) is 32.7. The minimum Gasteiger partial charge on any atom is -0.309 e. The molecule has 0 amide bonds. The van der Waals surface area contributed by atoms with E-state index >= 15 is 0 Å². The van der Waals surface area contributed by atoms with Gasteiger partial charge in [-0.05, 0) is 140 Å². The Morgan fingerprint density at radius 1 is 0.407 bits per heavy atom. The Labute approximate surface area is 348 Å². The highest BCUT2D eigenvalue weighted by atomic mass is 32.1. The molecule has 0 atom stereocenters. The number of hydrogen-bond donors (Lipinski definition) is 0. The first-order valence-electron chi connectivity index (χ1n) is 20.2. The van der Waals surface area contributed by atoms with Gasteiger partial charge in [0.05, 0.1) is 11.0 Å². The summed E-state index contributed by atoms with van der Waals surface area (Å²) in [5, 5.41) is 5.15. The average molecular weight is 770 g/mol. The zero-order chi connectivity index (χ0) is 39.5. The van der Waals surface area contributed by atoms with E-state index in [9.17, 15) is 0 Å². The summed E-state index contributed by atoms with van der Waals surface area (Å²) in [5.74, 6) is 0. The highest BCUT2D eigenvalue weighted by Gasteiger charge is 2.18. The molecule has 59 heavy (non-hydrogen) atoms. The Hall–Kier alpha value is -7.26. The normalized spacial score (nSPS) is 11.5. The molecule has 0 N–H and O–H groups in total. The Kier molecular flexibility index (Phi) is 8.46. The molecule has 1 nitrogen and oxygen atoms in total. The fraction of sp³-hybridized carbons (Fsp3) is 0.0175. The SMILES string of the molecule is C=C(c1cc(-c2ccccc2)cc(-c2ccccc2)c1)c1ccccc1-c1cc(-c2ccc3c(c2)c2cc4c(cc2n3-c2ccccc2)sc2ccccc24)ccc1C. The van der Waals surface area contributed by atoms with E-state index in [-0.39, 0.29) is 0 Å². The van der Waals surface area contributed by atoms with Crippen molar-refractivity contribution < 1.29 is 0 Å². The van der Waals surface area contributed by atoms with Gasteiger partial charge >= 0.3 is 0 Å². The summed E-state index contributed by atoms with van der Waals surface area (Å²) < 4.78 is 5.06. The Balaban J connectivity index is 1.05. The second-order valence-electron chi connectivity index (χ2n) is 15.5. The van der Waals surface area contributed by atoms with Crippen molar-refractivity contribution in [3.05, 3.63) is 230 Å². The maximum absolute atomic E-state index is 4.79. The number of rotatable bonds is 7. The summed E-state index contributed by atoms with van der Waals surface area (Å²) in [4.78, 5) is 0. The number of para-hydroxylation sites is 1. The van der Waals surface area contributed by atoms with Crippen molar-refractivity contribution >= 4 is 58.9 Å². The number of nitrogens with zero attached hydrogens (tertiary/aromatic N) is 1. The topological polar surface area (TPSA) is 4.93 Å². The van der Waals surface area contributed by atoms with E-state index < -0.39 is 0 Å². The smallest absolute Gasteiger partial charge is 0.0555 e. The lowest BCUT2D eigenvalue weighted by Gasteiger charge is -2.18. The number of benzene rings is 9. The van der Waals surface area contributed by atoms with E-state index in [1.807, 2.05) is 11.3 Å². The number of aromatic nitrogens is 1. The first-order chi connectivity index (χ1) is 29.1. The predicted molar refractivity (Wildman–Crippen MR) is 255 cm³/mol. The molecule has 9 aromatic carbocycles. The lowest BCUT2D eigenvalue weighted by atomic mass is 9.86. The molecule has 2 aromatic heterocycles. The summed E-state index contributed by atoms with van der Waals surface area (Å²) >= 11 is 1.87. The van der Waals surface area contributed by atoms with Crippen molar-refractivity contribution in [1.82, 2.24) is 4.57 Å². The number of fused-ring (bicyclic) bond motifs is 6. The third-order valence-electron chi connectivity index (χ3n) is 11.9. The first-order valence-corrected chi connectivity index (χ1v) is 21.0. The van der Waals surface area contributed by atoms with Crippen LogP contribution in [0.3, 0.4) is 0 Å². The molecule has 0 unspecified atom stereocenters. The monoisotopic (exact) mass is 769 g/mol. The summed E-state index contributed by atoms with van der Waals surface area (Å²) in [6.45, 7) is 7.00. The highest BCUT2D eigenvalue weighted by molar-refractivity contribution is 7.25. The molecule has 0 bridgehead atoms. The fourth-order valence-electron chi connectivity index (χ4n) is 8.90. The van der Waals surface area contributed by atoms with Crippen LogP contribution in [-0.2, 0) is 0 Å². The molecule has 2 heterocycles. The van der Waals surface area contributed by atoms with Gasteiger partial charge in [-0.25, -0.2) is 0 Å².